The van der Waals surface area contributed by atoms with E-state index in [0.717, 1.165) is 0 Å². The van der Waals surface area contributed by atoms with Crippen LogP contribution in [0.25, 0.3) is 0 Å². The SMILES string of the molecule is CC1(C)CN(C(=O)c2cc(Cl)ccc2O)CC(C)(C)O1. The summed E-state index contributed by atoms with van der Waals surface area (Å²) < 4.78 is 5.95. The summed E-state index contributed by atoms with van der Waals surface area (Å²) in [6, 6.07) is 4.49. The van der Waals surface area contributed by atoms with Gasteiger partial charge in [0, 0.05) is 18.1 Å². The van der Waals surface area contributed by atoms with Crippen molar-refractivity contribution in [2.24, 2.45) is 0 Å². The van der Waals surface area contributed by atoms with E-state index in [-0.39, 0.29) is 17.2 Å². The third kappa shape index (κ3) is 3.25. The number of hydrogen-bond donors (Lipinski definition) is 1. The molecule has 1 aliphatic rings. The summed E-state index contributed by atoms with van der Waals surface area (Å²) in [5.41, 5.74) is -0.622. The Balaban J connectivity index is 2.31. The van der Waals surface area contributed by atoms with Gasteiger partial charge in [0.05, 0.1) is 16.8 Å². The molecule has 0 radical (unpaired) electrons. The van der Waals surface area contributed by atoms with Gasteiger partial charge < -0.3 is 14.7 Å². The highest BCUT2D eigenvalue weighted by Gasteiger charge is 2.40. The van der Waals surface area contributed by atoms with Gasteiger partial charge >= 0.3 is 0 Å². The highest BCUT2D eigenvalue weighted by atomic mass is 35.5. The Morgan fingerprint density at radius 3 is 2.35 bits per heavy atom. The molecule has 20 heavy (non-hydrogen) atoms. The number of halogens is 1. The number of morpholine rings is 1. The molecule has 1 aromatic carbocycles. The standard InChI is InChI=1S/C15H20ClNO3/c1-14(2)8-17(9-15(3,4)20-14)13(19)11-7-10(16)5-6-12(11)18/h5-7,18H,8-9H2,1-4H3. The molecule has 0 atom stereocenters. The summed E-state index contributed by atoms with van der Waals surface area (Å²) in [4.78, 5) is 14.3. The highest BCUT2D eigenvalue weighted by Crippen LogP contribution is 2.31. The van der Waals surface area contributed by atoms with Gasteiger partial charge in [-0.25, -0.2) is 0 Å². The molecule has 0 bridgehead atoms. The molecule has 1 amide bonds. The summed E-state index contributed by atoms with van der Waals surface area (Å²) in [5, 5.41) is 10.3. The van der Waals surface area contributed by atoms with E-state index < -0.39 is 11.2 Å². The number of phenolic OH excluding ortho intramolecular Hbond substituents is 1. The van der Waals surface area contributed by atoms with Crippen LogP contribution >= 0.6 is 11.6 Å². The zero-order valence-electron chi connectivity index (χ0n) is 12.2. The fourth-order valence-corrected chi connectivity index (χ4v) is 2.95. The van der Waals surface area contributed by atoms with Gasteiger partial charge in [0.1, 0.15) is 5.75 Å². The van der Waals surface area contributed by atoms with Gasteiger partial charge in [-0.05, 0) is 45.9 Å². The van der Waals surface area contributed by atoms with Crippen molar-refractivity contribution < 1.29 is 14.6 Å². The van der Waals surface area contributed by atoms with Crippen molar-refractivity contribution in [3.63, 3.8) is 0 Å². The van der Waals surface area contributed by atoms with E-state index in [1.165, 1.54) is 12.1 Å². The topological polar surface area (TPSA) is 49.8 Å². The van der Waals surface area contributed by atoms with Crippen LogP contribution in [-0.2, 0) is 4.74 Å². The van der Waals surface area contributed by atoms with E-state index in [1.54, 1.807) is 11.0 Å². The lowest BCUT2D eigenvalue weighted by molar-refractivity contribution is -0.171. The molecule has 1 fully saturated rings. The summed E-state index contributed by atoms with van der Waals surface area (Å²) in [6.45, 7) is 8.75. The summed E-state index contributed by atoms with van der Waals surface area (Å²) >= 11 is 5.91. The van der Waals surface area contributed by atoms with Crippen LogP contribution in [0.15, 0.2) is 18.2 Å². The Morgan fingerprint density at radius 2 is 1.80 bits per heavy atom. The minimum Gasteiger partial charge on any atom is -0.507 e. The third-order valence-electron chi connectivity index (χ3n) is 3.17. The zero-order chi connectivity index (χ0) is 15.1. The normalized spacial score (nSPS) is 20.8. The van der Waals surface area contributed by atoms with E-state index >= 15 is 0 Å². The van der Waals surface area contributed by atoms with Gasteiger partial charge in [-0.1, -0.05) is 11.6 Å². The summed E-state index contributed by atoms with van der Waals surface area (Å²) in [5.74, 6) is -0.282. The molecule has 1 aromatic rings. The van der Waals surface area contributed by atoms with Crippen molar-refractivity contribution in [3.8, 4) is 5.75 Å². The number of rotatable bonds is 1. The number of benzene rings is 1. The molecule has 0 aliphatic carbocycles. The van der Waals surface area contributed by atoms with Crippen molar-refractivity contribution in [2.75, 3.05) is 13.1 Å². The van der Waals surface area contributed by atoms with E-state index in [4.69, 9.17) is 16.3 Å². The van der Waals surface area contributed by atoms with Gasteiger partial charge in [0.25, 0.3) is 5.91 Å². The molecule has 2 rings (SSSR count). The van der Waals surface area contributed by atoms with Gasteiger partial charge in [0.15, 0.2) is 0 Å². The number of aromatic hydroxyl groups is 1. The van der Waals surface area contributed by atoms with Gasteiger partial charge in [0.2, 0.25) is 0 Å². The number of hydrogen-bond acceptors (Lipinski definition) is 3. The van der Waals surface area contributed by atoms with Crippen molar-refractivity contribution in [2.45, 2.75) is 38.9 Å². The second-order valence-corrected chi connectivity index (χ2v) is 6.88. The third-order valence-corrected chi connectivity index (χ3v) is 3.41. The van der Waals surface area contributed by atoms with Crippen LogP contribution in [0.2, 0.25) is 5.02 Å². The minimum absolute atomic E-state index is 0.0542. The second-order valence-electron chi connectivity index (χ2n) is 6.44. The molecule has 110 valence electrons. The lowest BCUT2D eigenvalue weighted by atomic mass is 9.98. The number of phenols is 1. The van der Waals surface area contributed by atoms with Crippen LogP contribution in [0, 0.1) is 0 Å². The smallest absolute Gasteiger partial charge is 0.257 e. The fraction of sp³-hybridized carbons (Fsp3) is 0.533. The quantitative estimate of drug-likeness (QED) is 0.866. The lowest BCUT2D eigenvalue weighted by Gasteiger charge is -2.47. The number of carbonyl (C=O) groups is 1. The molecule has 1 N–H and O–H groups in total. The number of amides is 1. The lowest BCUT2D eigenvalue weighted by Crippen LogP contribution is -2.58. The zero-order valence-corrected chi connectivity index (χ0v) is 13.0. The van der Waals surface area contributed by atoms with Gasteiger partial charge in [-0.3, -0.25) is 4.79 Å². The molecule has 5 heteroatoms. The summed E-state index contributed by atoms with van der Waals surface area (Å²) in [6.07, 6.45) is 0. The molecule has 4 nitrogen and oxygen atoms in total. The average molecular weight is 298 g/mol. The Hall–Kier alpha value is -1.26. The molecule has 0 saturated carbocycles. The Kier molecular flexibility index (Phi) is 3.73. The Morgan fingerprint density at radius 1 is 1.25 bits per heavy atom. The van der Waals surface area contributed by atoms with Crippen molar-refractivity contribution in [1.29, 1.82) is 0 Å². The van der Waals surface area contributed by atoms with E-state index in [0.29, 0.717) is 18.1 Å². The van der Waals surface area contributed by atoms with Gasteiger partial charge in [-0.2, -0.15) is 0 Å². The fourth-order valence-electron chi connectivity index (χ4n) is 2.78. The first-order chi connectivity index (χ1) is 9.10. The minimum atomic E-state index is -0.425. The molecule has 1 saturated heterocycles. The first kappa shape index (κ1) is 15.1. The monoisotopic (exact) mass is 297 g/mol. The molecule has 1 heterocycles. The molecular formula is C15H20ClNO3. The van der Waals surface area contributed by atoms with Crippen molar-refractivity contribution >= 4 is 17.5 Å². The first-order valence-electron chi connectivity index (χ1n) is 6.58. The van der Waals surface area contributed by atoms with Crippen molar-refractivity contribution in [3.05, 3.63) is 28.8 Å². The van der Waals surface area contributed by atoms with Crippen LogP contribution < -0.4 is 0 Å². The van der Waals surface area contributed by atoms with Crippen LogP contribution in [0.1, 0.15) is 38.1 Å². The van der Waals surface area contributed by atoms with Gasteiger partial charge in [-0.15, -0.1) is 0 Å². The van der Waals surface area contributed by atoms with Crippen molar-refractivity contribution in [1.82, 2.24) is 4.90 Å². The Labute approximate surface area is 124 Å². The second kappa shape index (κ2) is 4.93. The molecule has 0 spiro atoms. The molecule has 0 unspecified atom stereocenters. The summed E-state index contributed by atoms with van der Waals surface area (Å²) in [7, 11) is 0. The van der Waals surface area contributed by atoms with E-state index in [2.05, 4.69) is 0 Å². The maximum Gasteiger partial charge on any atom is 0.257 e. The highest BCUT2D eigenvalue weighted by molar-refractivity contribution is 6.31. The van der Waals surface area contributed by atoms with E-state index in [9.17, 15) is 9.90 Å². The largest absolute Gasteiger partial charge is 0.507 e. The maximum absolute atomic E-state index is 12.6. The maximum atomic E-state index is 12.6. The predicted octanol–water partition coefficient (Wildman–Crippen LogP) is 3.08. The van der Waals surface area contributed by atoms with Crippen LogP contribution in [0.3, 0.4) is 0 Å². The number of carbonyl (C=O) groups excluding carboxylic acids is 1. The first-order valence-corrected chi connectivity index (χ1v) is 6.95. The average Bonchev–Trinajstić information content (AvgIpc) is 2.27. The van der Waals surface area contributed by atoms with E-state index in [1.807, 2.05) is 27.7 Å². The molecule has 0 aromatic heterocycles. The van der Waals surface area contributed by atoms with Crippen LogP contribution in [-0.4, -0.2) is 40.2 Å². The van der Waals surface area contributed by atoms with Crippen LogP contribution in [0.5, 0.6) is 5.75 Å². The van der Waals surface area contributed by atoms with Crippen LogP contribution in [0.4, 0.5) is 0 Å². The Bertz CT molecular complexity index is 524. The predicted molar refractivity (Wildman–Crippen MR) is 78.3 cm³/mol. The molecule has 1 aliphatic heterocycles. The number of ether oxygens (including phenoxy) is 1. The number of nitrogens with zero attached hydrogens (tertiary/aromatic N) is 1. The molecular weight excluding hydrogens is 278 g/mol.